The van der Waals surface area contributed by atoms with Crippen molar-refractivity contribution in [1.82, 2.24) is 4.98 Å². The minimum Gasteiger partial charge on any atom is -0.289 e. The molecule has 13 heavy (non-hydrogen) atoms. The van der Waals surface area contributed by atoms with Crippen molar-refractivity contribution >= 4 is 5.78 Å². The molecule has 1 heterocycles. The van der Waals surface area contributed by atoms with Crippen LogP contribution < -0.4 is 0 Å². The first-order valence-corrected chi connectivity index (χ1v) is 4.37. The number of carbonyl (C=O) groups is 1. The molecule has 1 rings (SSSR count). The van der Waals surface area contributed by atoms with Crippen molar-refractivity contribution < 1.29 is 4.79 Å². The van der Waals surface area contributed by atoms with Gasteiger partial charge in [-0.3, -0.25) is 9.78 Å². The Morgan fingerprint density at radius 3 is 3.00 bits per heavy atom. The summed E-state index contributed by atoms with van der Waals surface area (Å²) in [7, 11) is 0. The topological polar surface area (TPSA) is 30.0 Å². The van der Waals surface area contributed by atoms with E-state index < -0.39 is 0 Å². The highest BCUT2D eigenvalue weighted by atomic mass is 16.1. The molecule has 0 N–H and O–H groups in total. The first-order valence-electron chi connectivity index (χ1n) is 4.37. The van der Waals surface area contributed by atoms with Gasteiger partial charge in [-0.2, -0.15) is 0 Å². The van der Waals surface area contributed by atoms with Crippen molar-refractivity contribution in [3.05, 3.63) is 41.7 Å². The first kappa shape index (κ1) is 9.65. The molecule has 0 saturated carbocycles. The molecule has 0 unspecified atom stereocenters. The van der Waals surface area contributed by atoms with Crippen LogP contribution in [0, 0.1) is 6.92 Å². The highest BCUT2D eigenvalue weighted by molar-refractivity contribution is 6.05. The highest BCUT2D eigenvalue weighted by Crippen LogP contribution is 2.06. The van der Waals surface area contributed by atoms with E-state index in [2.05, 4.69) is 4.98 Å². The summed E-state index contributed by atoms with van der Waals surface area (Å²) in [5.41, 5.74) is 1.66. The number of rotatable bonds is 3. The fourth-order valence-corrected chi connectivity index (χ4v) is 1.04. The summed E-state index contributed by atoms with van der Waals surface area (Å²) in [5, 5.41) is 0. The van der Waals surface area contributed by atoms with E-state index in [-0.39, 0.29) is 5.78 Å². The van der Waals surface area contributed by atoms with Crippen LogP contribution in [-0.2, 0) is 0 Å². The molecule has 0 aromatic carbocycles. The fraction of sp³-hybridized carbons (Fsp3) is 0.273. The fourth-order valence-electron chi connectivity index (χ4n) is 1.04. The van der Waals surface area contributed by atoms with E-state index in [1.807, 2.05) is 26.0 Å². The smallest absolute Gasteiger partial charge is 0.187 e. The maximum absolute atomic E-state index is 11.5. The van der Waals surface area contributed by atoms with Crippen LogP contribution in [0.1, 0.15) is 29.3 Å². The first-order chi connectivity index (χ1) is 6.25. The van der Waals surface area contributed by atoms with Gasteiger partial charge in [-0.15, -0.1) is 0 Å². The summed E-state index contributed by atoms with van der Waals surface area (Å²) in [4.78, 5) is 15.4. The lowest BCUT2D eigenvalue weighted by Crippen LogP contribution is -1.98. The van der Waals surface area contributed by atoms with E-state index in [9.17, 15) is 4.79 Å². The normalized spacial score (nSPS) is 10.6. The zero-order valence-electron chi connectivity index (χ0n) is 7.95. The molecule has 0 amide bonds. The molecule has 0 radical (unpaired) electrons. The molecule has 1 aromatic heterocycles. The van der Waals surface area contributed by atoms with Crippen molar-refractivity contribution in [2.45, 2.75) is 20.3 Å². The van der Waals surface area contributed by atoms with Gasteiger partial charge in [-0.1, -0.05) is 13.0 Å². The van der Waals surface area contributed by atoms with E-state index in [1.165, 1.54) is 0 Å². The SMILES string of the molecule is CC/C=C/C(=O)c1cnccc1C. The Morgan fingerprint density at radius 1 is 1.62 bits per heavy atom. The molecule has 0 atom stereocenters. The molecule has 1 aromatic rings. The number of ketones is 1. The summed E-state index contributed by atoms with van der Waals surface area (Å²) in [6.07, 6.45) is 7.64. The molecule has 2 heteroatoms. The zero-order valence-corrected chi connectivity index (χ0v) is 7.95. The van der Waals surface area contributed by atoms with Gasteiger partial charge in [-0.05, 0) is 31.1 Å². The van der Waals surface area contributed by atoms with E-state index >= 15 is 0 Å². The molecule has 0 bridgehead atoms. The van der Waals surface area contributed by atoms with Gasteiger partial charge in [0.2, 0.25) is 0 Å². The molecule has 0 aliphatic carbocycles. The Labute approximate surface area is 78.3 Å². The van der Waals surface area contributed by atoms with Crippen molar-refractivity contribution in [3.63, 3.8) is 0 Å². The van der Waals surface area contributed by atoms with Gasteiger partial charge in [0.25, 0.3) is 0 Å². The number of nitrogens with zero attached hydrogens (tertiary/aromatic N) is 1. The predicted molar refractivity (Wildman–Crippen MR) is 52.7 cm³/mol. The molecular weight excluding hydrogens is 162 g/mol. The lowest BCUT2D eigenvalue weighted by atomic mass is 10.1. The van der Waals surface area contributed by atoms with Gasteiger partial charge in [0, 0.05) is 18.0 Å². The van der Waals surface area contributed by atoms with Crippen LogP contribution in [0.4, 0.5) is 0 Å². The number of aromatic nitrogens is 1. The van der Waals surface area contributed by atoms with Crippen LogP contribution in [0.3, 0.4) is 0 Å². The van der Waals surface area contributed by atoms with Gasteiger partial charge in [0.05, 0.1) is 0 Å². The van der Waals surface area contributed by atoms with E-state index in [0.29, 0.717) is 5.56 Å². The number of aryl methyl sites for hydroxylation is 1. The summed E-state index contributed by atoms with van der Waals surface area (Å²) < 4.78 is 0. The second-order valence-electron chi connectivity index (χ2n) is 2.87. The largest absolute Gasteiger partial charge is 0.289 e. The molecule has 0 fully saturated rings. The molecule has 68 valence electrons. The van der Waals surface area contributed by atoms with Crippen LogP contribution in [0.5, 0.6) is 0 Å². The van der Waals surface area contributed by atoms with Crippen molar-refractivity contribution in [1.29, 1.82) is 0 Å². The Kier molecular flexibility index (Phi) is 3.38. The van der Waals surface area contributed by atoms with Crippen LogP contribution in [0.25, 0.3) is 0 Å². The van der Waals surface area contributed by atoms with Gasteiger partial charge in [0.15, 0.2) is 5.78 Å². The number of pyridine rings is 1. The summed E-state index contributed by atoms with van der Waals surface area (Å²) in [5.74, 6) is 0.0347. The molecular formula is C11H13NO. The molecule has 0 spiro atoms. The second-order valence-corrected chi connectivity index (χ2v) is 2.87. The third kappa shape index (κ3) is 2.51. The Bertz CT molecular complexity index is 329. The standard InChI is InChI=1S/C11H13NO/c1-3-4-5-11(13)10-8-12-7-6-9(10)2/h4-8H,3H2,1-2H3/b5-4+. The zero-order chi connectivity index (χ0) is 9.68. The maximum Gasteiger partial charge on any atom is 0.187 e. The number of carbonyl (C=O) groups excluding carboxylic acids is 1. The number of allylic oxidation sites excluding steroid dienone is 2. The number of hydrogen-bond donors (Lipinski definition) is 0. The molecule has 0 aliphatic heterocycles. The third-order valence-electron chi connectivity index (χ3n) is 1.81. The monoisotopic (exact) mass is 175 g/mol. The summed E-state index contributed by atoms with van der Waals surface area (Å²) in [6, 6.07) is 1.84. The Balaban J connectivity index is 2.89. The van der Waals surface area contributed by atoms with Crippen LogP contribution in [0.2, 0.25) is 0 Å². The lowest BCUT2D eigenvalue weighted by Gasteiger charge is -1.98. The molecule has 0 aliphatic rings. The highest BCUT2D eigenvalue weighted by Gasteiger charge is 2.03. The number of hydrogen-bond acceptors (Lipinski definition) is 2. The van der Waals surface area contributed by atoms with Gasteiger partial charge < -0.3 is 0 Å². The Hall–Kier alpha value is -1.44. The quantitative estimate of drug-likeness (QED) is 0.522. The summed E-state index contributed by atoms with van der Waals surface area (Å²) in [6.45, 7) is 3.91. The van der Waals surface area contributed by atoms with Crippen LogP contribution in [0.15, 0.2) is 30.6 Å². The van der Waals surface area contributed by atoms with Gasteiger partial charge >= 0.3 is 0 Å². The lowest BCUT2D eigenvalue weighted by molar-refractivity contribution is 0.104. The molecule has 2 nitrogen and oxygen atoms in total. The predicted octanol–water partition coefficient (Wildman–Crippen LogP) is 2.54. The maximum atomic E-state index is 11.5. The van der Waals surface area contributed by atoms with E-state index in [4.69, 9.17) is 0 Å². The van der Waals surface area contributed by atoms with Crippen molar-refractivity contribution in [2.24, 2.45) is 0 Å². The van der Waals surface area contributed by atoms with Gasteiger partial charge in [0.1, 0.15) is 0 Å². The van der Waals surface area contributed by atoms with E-state index in [0.717, 1.165) is 12.0 Å². The third-order valence-corrected chi connectivity index (χ3v) is 1.81. The van der Waals surface area contributed by atoms with Crippen molar-refractivity contribution in [2.75, 3.05) is 0 Å². The minimum atomic E-state index is 0.0347. The van der Waals surface area contributed by atoms with E-state index in [1.54, 1.807) is 18.5 Å². The Morgan fingerprint density at radius 2 is 2.38 bits per heavy atom. The van der Waals surface area contributed by atoms with Crippen molar-refractivity contribution in [3.8, 4) is 0 Å². The van der Waals surface area contributed by atoms with Crippen LogP contribution >= 0.6 is 0 Å². The average Bonchev–Trinajstić information content (AvgIpc) is 2.15. The average molecular weight is 175 g/mol. The molecule has 0 saturated heterocycles. The minimum absolute atomic E-state index is 0.0347. The summed E-state index contributed by atoms with van der Waals surface area (Å²) >= 11 is 0. The van der Waals surface area contributed by atoms with Crippen LogP contribution in [-0.4, -0.2) is 10.8 Å². The van der Waals surface area contributed by atoms with Gasteiger partial charge in [-0.25, -0.2) is 0 Å². The second kappa shape index (κ2) is 4.55.